The average molecular weight is 424 g/mol. The normalized spacial score (nSPS) is 60.1. The van der Waals surface area contributed by atoms with Crippen molar-refractivity contribution in [3.8, 4) is 0 Å². The Morgan fingerprint density at radius 3 is 2.33 bits per heavy atom. The summed E-state index contributed by atoms with van der Waals surface area (Å²) in [4.78, 5) is 38.2. The topological polar surface area (TPSA) is 149 Å². The highest BCUT2D eigenvalue weighted by atomic mass is 16.8. The van der Waals surface area contributed by atoms with Crippen molar-refractivity contribution in [2.24, 2.45) is 28.1 Å². The highest BCUT2D eigenvalue weighted by Gasteiger charge is 3.03. The molecule has 0 aromatic rings. The molecule has 2 unspecified atom stereocenters. The summed E-state index contributed by atoms with van der Waals surface area (Å²) in [5.74, 6) is -4.32. The quantitative estimate of drug-likeness (QED) is 0.314. The molecule has 6 fully saturated rings. The highest BCUT2D eigenvalue weighted by molar-refractivity contribution is 5.94. The number of carbonyl (C=O) groups is 3. The van der Waals surface area contributed by atoms with Crippen molar-refractivity contribution in [2.45, 2.75) is 76.0 Å². The first kappa shape index (κ1) is 19.0. The number of hydrogen-bond acceptors (Lipinski definition) is 10. The fraction of sp³-hybridized carbons (Fsp3) is 0.850. The van der Waals surface area contributed by atoms with Crippen LogP contribution < -0.4 is 0 Å². The average Bonchev–Trinajstić information content (AvgIpc) is 3.35. The summed E-state index contributed by atoms with van der Waals surface area (Å²) in [6.45, 7) is 7.14. The maximum absolute atomic E-state index is 13.4. The lowest BCUT2D eigenvalue weighted by molar-refractivity contribution is -0.239. The summed E-state index contributed by atoms with van der Waals surface area (Å²) >= 11 is 0. The number of esters is 3. The number of fused-ring (bicyclic) bond motifs is 1. The van der Waals surface area contributed by atoms with Gasteiger partial charge in [0.2, 0.25) is 11.9 Å². The maximum atomic E-state index is 13.4. The second-order valence-electron chi connectivity index (χ2n) is 10.7. The SMILES string of the molecule is C[C@@H]1C(=O)O[C@H]2[C@H](O)[C@@]34C5C[C@@H](C(C)(C)C)[C@]36[C@H](OC(=O)[C@@H]6O)OC4(C(=O)O5)[C@@]12O. The van der Waals surface area contributed by atoms with Crippen molar-refractivity contribution in [2.75, 3.05) is 0 Å². The standard InChI is InChI=1S/C20H24O10/c1-6-12(23)28-11-9(21)18-8-5-7(16(2,3)4)17(18)10(22)13(24)29-15(17)30-20(18,14(25)27-8)19(6,11)26/h6-11,15,21-22,26H,5H2,1-4H3/t6-,7+,8?,9+,10+,11+,15-,17+,18+,19-,20?/m1/s1. The summed E-state index contributed by atoms with van der Waals surface area (Å²) in [5.41, 5.74) is -8.26. The van der Waals surface area contributed by atoms with Gasteiger partial charge in [-0.15, -0.1) is 0 Å². The molecule has 4 aliphatic heterocycles. The molecular formula is C20H24O10. The van der Waals surface area contributed by atoms with Crippen molar-refractivity contribution in [3.05, 3.63) is 0 Å². The third kappa shape index (κ3) is 1.33. The Kier molecular flexibility index (Phi) is 2.97. The minimum absolute atomic E-state index is 0.229. The van der Waals surface area contributed by atoms with E-state index in [4.69, 9.17) is 18.9 Å². The van der Waals surface area contributed by atoms with Crippen LogP contribution in [0.25, 0.3) is 0 Å². The predicted molar refractivity (Wildman–Crippen MR) is 92.0 cm³/mol. The van der Waals surface area contributed by atoms with Gasteiger partial charge in [0.1, 0.15) is 12.2 Å². The van der Waals surface area contributed by atoms with Crippen LogP contribution in [0.15, 0.2) is 0 Å². The van der Waals surface area contributed by atoms with Crippen molar-refractivity contribution >= 4 is 17.9 Å². The lowest BCUT2D eigenvalue weighted by atomic mass is 9.51. The first-order chi connectivity index (χ1) is 13.8. The van der Waals surface area contributed by atoms with Crippen LogP contribution in [0.5, 0.6) is 0 Å². The molecule has 6 rings (SSSR count). The molecule has 11 atom stereocenters. The molecule has 0 amide bonds. The molecule has 4 heterocycles. The first-order valence-corrected chi connectivity index (χ1v) is 10.2. The highest BCUT2D eigenvalue weighted by Crippen LogP contribution is 2.84. The van der Waals surface area contributed by atoms with Crippen molar-refractivity contribution in [1.29, 1.82) is 0 Å². The van der Waals surface area contributed by atoms with E-state index >= 15 is 0 Å². The second-order valence-corrected chi connectivity index (χ2v) is 10.7. The molecule has 10 nitrogen and oxygen atoms in total. The molecule has 2 saturated carbocycles. The summed E-state index contributed by atoms with van der Waals surface area (Å²) < 4.78 is 22.5. The zero-order valence-corrected chi connectivity index (χ0v) is 16.9. The summed E-state index contributed by atoms with van der Waals surface area (Å²) in [6.07, 6.45) is -6.91. The molecule has 164 valence electrons. The third-order valence-corrected chi connectivity index (χ3v) is 9.00. The monoisotopic (exact) mass is 424 g/mol. The van der Waals surface area contributed by atoms with E-state index in [0.29, 0.717) is 0 Å². The zero-order chi connectivity index (χ0) is 21.8. The van der Waals surface area contributed by atoms with Gasteiger partial charge in [0.25, 0.3) is 0 Å². The summed E-state index contributed by atoms with van der Waals surface area (Å²) in [5, 5.41) is 34.7. The summed E-state index contributed by atoms with van der Waals surface area (Å²) in [7, 11) is 0. The van der Waals surface area contributed by atoms with Crippen LogP contribution in [-0.2, 0) is 33.3 Å². The van der Waals surface area contributed by atoms with Gasteiger partial charge in [-0.25, -0.2) is 9.59 Å². The van der Waals surface area contributed by atoms with Crippen LogP contribution in [0.4, 0.5) is 0 Å². The van der Waals surface area contributed by atoms with Gasteiger partial charge in [-0.2, -0.15) is 0 Å². The van der Waals surface area contributed by atoms with E-state index in [1.54, 1.807) is 0 Å². The molecule has 30 heavy (non-hydrogen) atoms. The molecule has 2 spiro atoms. The fourth-order valence-electron chi connectivity index (χ4n) is 8.12. The van der Waals surface area contributed by atoms with E-state index in [0.717, 1.165) is 0 Å². The number of aliphatic hydroxyl groups is 3. The maximum Gasteiger partial charge on any atom is 0.343 e. The molecule has 10 heteroatoms. The Morgan fingerprint density at radius 2 is 1.70 bits per heavy atom. The minimum Gasteiger partial charge on any atom is -0.459 e. The van der Waals surface area contributed by atoms with Crippen LogP contribution in [0.1, 0.15) is 34.1 Å². The van der Waals surface area contributed by atoms with E-state index in [2.05, 4.69) is 0 Å². The largest absolute Gasteiger partial charge is 0.459 e. The number of aliphatic hydroxyl groups excluding tert-OH is 2. The molecule has 6 aliphatic rings. The lowest BCUT2D eigenvalue weighted by Gasteiger charge is -2.47. The molecule has 0 bridgehead atoms. The van der Waals surface area contributed by atoms with Crippen LogP contribution in [-0.4, -0.2) is 75.1 Å². The number of carbonyl (C=O) groups excluding carboxylic acids is 3. The minimum atomic E-state index is -2.24. The molecule has 4 saturated heterocycles. The Labute approximate surface area is 171 Å². The molecular weight excluding hydrogens is 400 g/mol. The van der Waals surface area contributed by atoms with Gasteiger partial charge in [0.15, 0.2) is 17.8 Å². The van der Waals surface area contributed by atoms with Gasteiger partial charge in [-0.05, 0) is 24.7 Å². The van der Waals surface area contributed by atoms with E-state index in [1.807, 2.05) is 20.8 Å². The molecule has 2 aliphatic carbocycles. The van der Waals surface area contributed by atoms with Crippen LogP contribution in [0.2, 0.25) is 0 Å². The lowest BCUT2D eigenvalue weighted by Crippen LogP contribution is -2.67. The first-order valence-electron chi connectivity index (χ1n) is 10.2. The molecule has 0 aromatic carbocycles. The van der Waals surface area contributed by atoms with Crippen molar-refractivity contribution in [1.82, 2.24) is 0 Å². The van der Waals surface area contributed by atoms with Gasteiger partial charge >= 0.3 is 17.9 Å². The number of ether oxygens (including phenoxy) is 4. The molecule has 0 radical (unpaired) electrons. The third-order valence-electron chi connectivity index (χ3n) is 9.00. The molecule has 3 N–H and O–H groups in total. The zero-order valence-electron chi connectivity index (χ0n) is 16.9. The van der Waals surface area contributed by atoms with E-state index in [1.165, 1.54) is 6.92 Å². The van der Waals surface area contributed by atoms with Gasteiger partial charge in [0, 0.05) is 0 Å². The van der Waals surface area contributed by atoms with Crippen molar-refractivity contribution in [3.63, 3.8) is 0 Å². The van der Waals surface area contributed by atoms with Crippen molar-refractivity contribution < 1.29 is 48.7 Å². The number of hydrogen-bond donors (Lipinski definition) is 3. The van der Waals surface area contributed by atoms with E-state index in [9.17, 15) is 29.7 Å². The van der Waals surface area contributed by atoms with E-state index in [-0.39, 0.29) is 6.42 Å². The smallest absolute Gasteiger partial charge is 0.343 e. The molecule has 0 aromatic heterocycles. The van der Waals surface area contributed by atoms with Gasteiger partial charge in [0.05, 0.1) is 16.7 Å². The Balaban J connectivity index is 1.72. The van der Waals surface area contributed by atoms with Crippen LogP contribution in [0, 0.1) is 28.1 Å². The fourth-order valence-corrected chi connectivity index (χ4v) is 8.12. The Bertz CT molecular complexity index is 925. The van der Waals surface area contributed by atoms with Gasteiger partial charge in [-0.3, -0.25) is 4.79 Å². The Morgan fingerprint density at radius 1 is 1.03 bits per heavy atom. The number of rotatable bonds is 0. The summed E-state index contributed by atoms with van der Waals surface area (Å²) in [6, 6.07) is 0. The second kappa shape index (κ2) is 4.69. The van der Waals surface area contributed by atoms with E-state index < -0.39 is 87.9 Å². The van der Waals surface area contributed by atoms with Crippen LogP contribution in [0.3, 0.4) is 0 Å². The Hall–Kier alpha value is -1.75. The predicted octanol–water partition coefficient (Wildman–Crippen LogP) is -1.37. The van der Waals surface area contributed by atoms with Gasteiger partial charge < -0.3 is 34.3 Å². The van der Waals surface area contributed by atoms with Crippen LogP contribution >= 0.6 is 0 Å². The van der Waals surface area contributed by atoms with Gasteiger partial charge in [-0.1, -0.05) is 20.8 Å².